The van der Waals surface area contributed by atoms with Crippen LogP contribution in [0.4, 0.5) is 0 Å². The SMILES string of the molecule is CC(C(=O)O)[C@H](N=O)C(=O)O. The molecular formula is C5H7NO5. The smallest absolute Gasteiger partial charge is 0.333 e. The zero-order chi connectivity index (χ0) is 9.02. The van der Waals surface area contributed by atoms with Crippen LogP contribution in [-0.2, 0) is 9.59 Å². The van der Waals surface area contributed by atoms with Crippen molar-refractivity contribution in [2.45, 2.75) is 13.0 Å². The quantitative estimate of drug-likeness (QED) is 0.561. The molecule has 0 spiro atoms. The van der Waals surface area contributed by atoms with Gasteiger partial charge in [0.2, 0.25) is 6.04 Å². The van der Waals surface area contributed by atoms with Gasteiger partial charge in [0.05, 0.1) is 5.92 Å². The first-order valence-corrected chi connectivity index (χ1v) is 2.78. The van der Waals surface area contributed by atoms with E-state index in [-0.39, 0.29) is 0 Å². The normalized spacial score (nSPS) is 15.0. The number of rotatable bonds is 4. The fraction of sp³-hybridized carbons (Fsp3) is 0.600. The molecule has 0 rings (SSSR count). The van der Waals surface area contributed by atoms with E-state index >= 15 is 0 Å². The van der Waals surface area contributed by atoms with E-state index in [1.807, 2.05) is 0 Å². The number of aliphatic carboxylic acids is 2. The van der Waals surface area contributed by atoms with E-state index in [0.717, 1.165) is 6.92 Å². The Morgan fingerprint density at radius 3 is 1.82 bits per heavy atom. The molecule has 0 aromatic rings. The minimum Gasteiger partial charge on any atom is -0.481 e. The third kappa shape index (κ3) is 2.32. The third-order valence-electron chi connectivity index (χ3n) is 1.23. The van der Waals surface area contributed by atoms with Crippen LogP contribution in [0.1, 0.15) is 6.92 Å². The van der Waals surface area contributed by atoms with Crippen molar-refractivity contribution in [3.63, 3.8) is 0 Å². The van der Waals surface area contributed by atoms with Crippen LogP contribution in [-0.4, -0.2) is 28.2 Å². The molecule has 0 aliphatic heterocycles. The fourth-order valence-corrected chi connectivity index (χ4v) is 0.485. The summed E-state index contributed by atoms with van der Waals surface area (Å²) in [4.78, 5) is 30.1. The van der Waals surface area contributed by atoms with Gasteiger partial charge in [0, 0.05) is 0 Å². The van der Waals surface area contributed by atoms with Gasteiger partial charge in [-0.2, -0.15) is 0 Å². The molecule has 0 bridgehead atoms. The summed E-state index contributed by atoms with van der Waals surface area (Å²) < 4.78 is 0. The van der Waals surface area contributed by atoms with Crippen molar-refractivity contribution in [1.82, 2.24) is 0 Å². The Morgan fingerprint density at radius 1 is 1.27 bits per heavy atom. The highest BCUT2D eigenvalue weighted by atomic mass is 16.4. The van der Waals surface area contributed by atoms with Gasteiger partial charge in [-0.25, -0.2) is 4.79 Å². The number of hydrogen-bond donors (Lipinski definition) is 2. The number of carboxylic acid groups (broad SMARTS) is 2. The predicted octanol–water partition coefficient (Wildman–Crippen LogP) is -0.0733. The summed E-state index contributed by atoms with van der Waals surface area (Å²) >= 11 is 0. The minimum atomic E-state index is -1.70. The molecule has 0 aromatic heterocycles. The molecule has 11 heavy (non-hydrogen) atoms. The van der Waals surface area contributed by atoms with Crippen LogP contribution in [0.15, 0.2) is 5.18 Å². The van der Waals surface area contributed by atoms with E-state index in [1.165, 1.54) is 0 Å². The lowest BCUT2D eigenvalue weighted by Crippen LogP contribution is -2.30. The van der Waals surface area contributed by atoms with Gasteiger partial charge < -0.3 is 10.2 Å². The van der Waals surface area contributed by atoms with Gasteiger partial charge in [0.1, 0.15) is 0 Å². The van der Waals surface area contributed by atoms with Gasteiger partial charge in [-0.3, -0.25) is 4.79 Å². The summed E-state index contributed by atoms with van der Waals surface area (Å²) in [6, 6.07) is -1.70. The largest absolute Gasteiger partial charge is 0.481 e. The molecule has 0 fully saturated rings. The van der Waals surface area contributed by atoms with E-state index in [0.29, 0.717) is 0 Å². The van der Waals surface area contributed by atoms with Crippen molar-refractivity contribution < 1.29 is 19.8 Å². The van der Waals surface area contributed by atoms with Gasteiger partial charge in [0.25, 0.3) is 0 Å². The number of nitrogens with zero attached hydrogens (tertiary/aromatic N) is 1. The van der Waals surface area contributed by atoms with Crippen LogP contribution in [0.3, 0.4) is 0 Å². The van der Waals surface area contributed by atoms with Crippen molar-refractivity contribution in [2.75, 3.05) is 0 Å². The van der Waals surface area contributed by atoms with Crippen LogP contribution in [0.25, 0.3) is 0 Å². The van der Waals surface area contributed by atoms with Gasteiger partial charge in [-0.15, -0.1) is 4.91 Å². The molecule has 6 heteroatoms. The minimum absolute atomic E-state index is 1.11. The lowest BCUT2D eigenvalue weighted by atomic mass is 10.0. The highest BCUT2D eigenvalue weighted by molar-refractivity contribution is 5.82. The summed E-state index contributed by atoms with van der Waals surface area (Å²) in [5.74, 6) is -4.16. The second-order valence-corrected chi connectivity index (χ2v) is 2.02. The Labute approximate surface area is 61.8 Å². The molecule has 6 nitrogen and oxygen atoms in total. The van der Waals surface area contributed by atoms with Crippen molar-refractivity contribution in [1.29, 1.82) is 0 Å². The summed E-state index contributed by atoms with van der Waals surface area (Å²) in [6.07, 6.45) is 0. The molecule has 0 amide bonds. The predicted molar refractivity (Wildman–Crippen MR) is 34.0 cm³/mol. The maximum Gasteiger partial charge on any atom is 0.333 e. The number of carbonyl (C=O) groups is 2. The second-order valence-electron chi connectivity index (χ2n) is 2.02. The molecule has 0 radical (unpaired) electrons. The van der Waals surface area contributed by atoms with Gasteiger partial charge in [-0.05, 0) is 6.92 Å². The molecule has 2 atom stereocenters. The van der Waals surface area contributed by atoms with E-state index in [2.05, 4.69) is 5.18 Å². The Kier molecular flexibility index (Phi) is 3.16. The van der Waals surface area contributed by atoms with E-state index in [1.54, 1.807) is 0 Å². The lowest BCUT2D eigenvalue weighted by molar-refractivity contribution is -0.149. The summed E-state index contributed by atoms with van der Waals surface area (Å²) in [5, 5.41) is 18.7. The third-order valence-corrected chi connectivity index (χ3v) is 1.23. The second kappa shape index (κ2) is 3.65. The standard InChI is InChI=1S/C5H7NO5/c1-2(4(7)8)3(6-11)5(9)10/h2-3H,1H3,(H,7,8)(H,9,10)/t2?,3-/m0/s1. The number of nitroso groups, excluding NO2 is 1. The first-order valence-electron chi connectivity index (χ1n) is 2.78. The van der Waals surface area contributed by atoms with Gasteiger partial charge >= 0.3 is 11.9 Å². The summed E-state index contributed by atoms with van der Waals surface area (Å²) in [6.45, 7) is 1.11. The van der Waals surface area contributed by atoms with Crippen LogP contribution >= 0.6 is 0 Å². The van der Waals surface area contributed by atoms with Crippen LogP contribution < -0.4 is 0 Å². The molecule has 0 aromatic carbocycles. The van der Waals surface area contributed by atoms with Crippen molar-refractivity contribution >= 4 is 11.9 Å². The number of hydrogen-bond acceptors (Lipinski definition) is 4. The summed E-state index contributed by atoms with van der Waals surface area (Å²) in [5.41, 5.74) is 0. The molecule has 0 saturated heterocycles. The molecule has 0 aliphatic rings. The first-order chi connectivity index (χ1) is 5.00. The molecule has 0 saturated carbocycles. The highest BCUT2D eigenvalue weighted by Gasteiger charge is 2.30. The maximum absolute atomic E-state index is 10.1. The maximum atomic E-state index is 10.1. The van der Waals surface area contributed by atoms with E-state index in [9.17, 15) is 14.5 Å². The molecule has 62 valence electrons. The fourth-order valence-electron chi connectivity index (χ4n) is 0.485. The Morgan fingerprint density at radius 2 is 1.73 bits per heavy atom. The monoisotopic (exact) mass is 161 g/mol. The first kappa shape index (κ1) is 9.54. The van der Waals surface area contributed by atoms with Crippen LogP contribution in [0.5, 0.6) is 0 Å². The van der Waals surface area contributed by atoms with Gasteiger partial charge in [-0.1, -0.05) is 5.18 Å². The zero-order valence-corrected chi connectivity index (χ0v) is 5.72. The van der Waals surface area contributed by atoms with Crippen molar-refractivity contribution in [3.05, 3.63) is 4.91 Å². The van der Waals surface area contributed by atoms with E-state index in [4.69, 9.17) is 10.2 Å². The molecule has 0 aliphatic carbocycles. The van der Waals surface area contributed by atoms with Crippen molar-refractivity contribution in [2.24, 2.45) is 11.1 Å². The van der Waals surface area contributed by atoms with Crippen LogP contribution in [0, 0.1) is 10.8 Å². The van der Waals surface area contributed by atoms with E-state index < -0.39 is 23.9 Å². The average molecular weight is 161 g/mol. The topological polar surface area (TPSA) is 104 Å². The molecular weight excluding hydrogens is 154 g/mol. The molecule has 2 N–H and O–H groups in total. The Balaban J connectivity index is 4.37. The Bertz CT molecular complexity index is 189. The number of carboxylic acids is 2. The zero-order valence-electron chi connectivity index (χ0n) is 5.72. The lowest BCUT2D eigenvalue weighted by Gasteiger charge is -2.06. The van der Waals surface area contributed by atoms with Crippen molar-refractivity contribution in [3.8, 4) is 0 Å². The van der Waals surface area contributed by atoms with Crippen LogP contribution in [0.2, 0.25) is 0 Å². The highest BCUT2D eigenvalue weighted by Crippen LogP contribution is 2.06. The summed E-state index contributed by atoms with van der Waals surface area (Å²) in [7, 11) is 0. The molecule has 1 unspecified atom stereocenters. The average Bonchev–Trinajstić information content (AvgIpc) is 1.88. The van der Waals surface area contributed by atoms with Gasteiger partial charge in [0.15, 0.2) is 0 Å². The molecule has 0 heterocycles. The Hall–Kier alpha value is -1.46.